The summed E-state index contributed by atoms with van der Waals surface area (Å²) >= 11 is 0. The average Bonchev–Trinajstić information content (AvgIpc) is 2.79. The van der Waals surface area contributed by atoms with Gasteiger partial charge < -0.3 is 14.9 Å². The summed E-state index contributed by atoms with van der Waals surface area (Å²) in [7, 11) is 0. The van der Waals surface area contributed by atoms with Gasteiger partial charge >= 0.3 is 11.9 Å². The van der Waals surface area contributed by atoms with Crippen molar-refractivity contribution in [2.75, 3.05) is 6.61 Å². The van der Waals surface area contributed by atoms with E-state index in [4.69, 9.17) is 9.84 Å². The fraction of sp³-hybridized carbons (Fsp3) is 0.714. The van der Waals surface area contributed by atoms with Crippen LogP contribution in [0, 0.1) is 0 Å². The lowest BCUT2D eigenvalue weighted by atomic mass is 9.88. The molecule has 0 aliphatic carbocycles. The number of carboxylic acids is 1. The molecule has 0 aromatic rings. The van der Waals surface area contributed by atoms with Gasteiger partial charge in [0.05, 0.1) is 18.6 Å². The number of carboxylic acid groups (broad SMARTS) is 1. The summed E-state index contributed by atoms with van der Waals surface area (Å²) in [6.45, 7) is 0.258. The number of unbranched alkanes of at least 4 members (excludes halogenated alkanes) is 1. The van der Waals surface area contributed by atoms with Crippen LogP contribution in [0.15, 0.2) is 0 Å². The Hall–Kier alpha value is -1.96. The van der Waals surface area contributed by atoms with E-state index in [1.807, 2.05) is 0 Å². The number of aliphatic hydroxyl groups is 1. The molecule has 8 nitrogen and oxygen atoms in total. The predicted molar refractivity (Wildman–Crippen MR) is 73.6 cm³/mol. The average molecular weight is 315 g/mol. The number of rotatable bonds is 5. The van der Waals surface area contributed by atoms with Crippen molar-refractivity contribution in [3.8, 4) is 0 Å². The normalized spacial score (nSPS) is 24.1. The van der Waals surface area contributed by atoms with Crippen LogP contribution >= 0.6 is 0 Å². The van der Waals surface area contributed by atoms with Gasteiger partial charge in [0.2, 0.25) is 11.8 Å². The van der Waals surface area contributed by atoms with Crippen LogP contribution in [0.2, 0.25) is 0 Å². The molecule has 0 saturated carbocycles. The molecule has 0 spiro atoms. The summed E-state index contributed by atoms with van der Waals surface area (Å²) in [4.78, 5) is 41.4. The molecule has 2 fully saturated rings. The van der Waals surface area contributed by atoms with Crippen LogP contribution in [0.25, 0.3) is 0 Å². The van der Waals surface area contributed by atoms with Crippen LogP contribution in [0.5, 0.6) is 0 Å². The van der Waals surface area contributed by atoms with Crippen molar-refractivity contribution in [2.24, 2.45) is 0 Å². The zero-order valence-electron chi connectivity index (χ0n) is 12.3. The first-order valence-corrected chi connectivity index (χ1v) is 7.23. The molecule has 2 aliphatic rings. The summed E-state index contributed by atoms with van der Waals surface area (Å²) < 4.78 is 4.72. The maximum Gasteiger partial charge on any atom is 0.308 e. The van der Waals surface area contributed by atoms with Gasteiger partial charge in [-0.1, -0.05) is 0 Å². The van der Waals surface area contributed by atoms with Gasteiger partial charge in [0.15, 0.2) is 0 Å². The number of imide groups is 1. The van der Waals surface area contributed by atoms with E-state index in [0.29, 0.717) is 38.5 Å². The van der Waals surface area contributed by atoms with Gasteiger partial charge in [-0.2, -0.15) is 0 Å². The third-order valence-electron chi connectivity index (χ3n) is 3.44. The van der Waals surface area contributed by atoms with Crippen LogP contribution in [0.1, 0.15) is 51.4 Å². The molecule has 0 bridgehead atoms. The highest BCUT2D eigenvalue weighted by Crippen LogP contribution is 2.27. The summed E-state index contributed by atoms with van der Waals surface area (Å²) in [5.74, 6) is -1.50. The van der Waals surface area contributed by atoms with Gasteiger partial charge in [-0.3, -0.25) is 24.5 Å². The highest BCUT2D eigenvalue weighted by atomic mass is 16.5. The number of nitrogens with one attached hydrogen (secondary N) is 1. The Morgan fingerprint density at radius 2 is 1.82 bits per heavy atom. The molecule has 2 saturated heterocycles. The number of aliphatic carboxylic acids is 1. The molecule has 0 aromatic carbocycles. The van der Waals surface area contributed by atoms with E-state index < -0.39 is 11.6 Å². The number of hydrogen-bond donors (Lipinski definition) is 3. The number of ether oxygens (including phenoxy) is 1. The van der Waals surface area contributed by atoms with E-state index in [1.165, 1.54) is 0 Å². The lowest BCUT2D eigenvalue weighted by Gasteiger charge is -2.30. The second kappa shape index (κ2) is 8.47. The van der Waals surface area contributed by atoms with Gasteiger partial charge in [0, 0.05) is 25.7 Å². The van der Waals surface area contributed by atoms with Gasteiger partial charge in [-0.25, -0.2) is 0 Å². The summed E-state index contributed by atoms with van der Waals surface area (Å²) in [6, 6.07) is 0. The molecular weight excluding hydrogens is 294 g/mol. The quantitative estimate of drug-likeness (QED) is 0.373. The number of carbonyl (C=O) groups is 4. The van der Waals surface area contributed by atoms with Crippen molar-refractivity contribution in [1.29, 1.82) is 0 Å². The summed E-state index contributed by atoms with van der Waals surface area (Å²) in [5.41, 5.74) is -0.978. The third-order valence-corrected chi connectivity index (χ3v) is 3.44. The Morgan fingerprint density at radius 3 is 2.27 bits per heavy atom. The molecule has 1 unspecified atom stereocenters. The summed E-state index contributed by atoms with van der Waals surface area (Å²) in [5, 5.41) is 20.5. The minimum Gasteiger partial charge on any atom is -0.481 e. The SMILES string of the molecule is O=C(O)CCCCC1(O)CCOC(=O)C1.O=C1CCC(=O)N1. The first-order valence-electron chi connectivity index (χ1n) is 7.23. The Kier molecular flexibility index (Phi) is 6.97. The number of esters is 1. The molecule has 0 radical (unpaired) electrons. The minimum atomic E-state index is -0.978. The highest BCUT2D eigenvalue weighted by molar-refractivity contribution is 6.01. The molecule has 22 heavy (non-hydrogen) atoms. The molecule has 2 aliphatic heterocycles. The van der Waals surface area contributed by atoms with Gasteiger partial charge in [0.25, 0.3) is 0 Å². The molecule has 2 rings (SSSR count). The van der Waals surface area contributed by atoms with E-state index in [9.17, 15) is 24.3 Å². The van der Waals surface area contributed by atoms with Gasteiger partial charge in [0.1, 0.15) is 0 Å². The van der Waals surface area contributed by atoms with Crippen molar-refractivity contribution < 1.29 is 34.1 Å². The Bertz CT molecular complexity index is 434. The third kappa shape index (κ3) is 7.16. The number of cyclic esters (lactones) is 1. The van der Waals surface area contributed by atoms with Crippen molar-refractivity contribution in [3.05, 3.63) is 0 Å². The largest absolute Gasteiger partial charge is 0.481 e. The van der Waals surface area contributed by atoms with E-state index >= 15 is 0 Å². The first-order chi connectivity index (χ1) is 10.3. The fourth-order valence-electron chi connectivity index (χ4n) is 2.21. The second-order valence-corrected chi connectivity index (χ2v) is 5.44. The molecule has 3 N–H and O–H groups in total. The van der Waals surface area contributed by atoms with Gasteiger partial charge in [-0.05, 0) is 19.3 Å². The summed E-state index contributed by atoms with van der Waals surface area (Å²) in [6.07, 6.45) is 2.96. The van der Waals surface area contributed by atoms with Crippen LogP contribution in [0.3, 0.4) is 0 Å². The molecule has 124 valence electrons. The molecule has 2 amide bonds. The monoisotopic (exact) mass is 315 g/mol. The first kappa shape index (κ1) is 18.1. The molecule has 0 aromatic heterocycles. The Morgan fingerprint density at radius 1 is 1.18 bits per heavy atom. The van der Waals surface area contributed by atoms with Crippen molar-refractivity contribution in [1.82, 2.24) is 5.32 Å². The number of hydrogen-bond acceptors (Lipinski definition) is 6. The Labute approximate surface area is 127 Å². The second-order valence-electron chi connectivity index (χ2n) is 5.44. The highest BCUT2D eigenvalue weighted by Gasteiger charge is 2.34. The van der Waals surface area contributed by atoms with Crippen LogP contribution in [-0.4, -0.2) is 46.2 Å². The molecule has 8 heteroatoms. The maximum atomic E-state index is 10.9. The standard InChI is InChI=1S/C10H16O5.C4H5NO2/c11-8(12)3-1-2-4-10(14)5-6-15-9(13)7-10;6-3-1-2-4(7)5-3/h14H,1-7H2,(H,11,12);1-2H2,(H,5,6,7). The molecule has 1 atom stereocenters. The number of amides is 2. The lowest BCUT2D eigenvalue weighted by molar-refractivity contribution is -0.160. The van der Waals surface area contributed by atoms with Crippen molar-refractivity contribution >= 4 is 23.8 Å². The zero-order chi connectivity index (χ0) is 16.6. The molecular formula is C14H21NO7. The topological polar surface area (TPSA) is 130 Å². The van der Waals surface area contributed by atoms with Crippen molar-refractivity contribution in [3.63, 3.8) is 0 Å². The predicted octanol–water partition coefficient (Wildman–Crippen LogP) is 0.122. The van der Waals surface area contributed by atoms with E-state index in [1.54, 1.807) is 0 Å². The van der Waals surface area contributed by atoms with Crippen molar-refractivity contribution in [2.45, 2.75) is 57.0 Å². The number of carbonyl (C=O) groups excluding carboxylic acids is 3. The van der Waals surface area contributed by atoms with Crippen LogP contribution in [-0.2, 0) is 23.9 Å². The minimum absolute atomic E-state index is 0.0278. The maximum absolute atomic E-state index is 10.9. The smallest absolute Gasteiger partial charge is 0.308 e. The van der Waals surface area contributed by atoms with Gasteiger partial charge in [-0.15, -0.1) is 0 Å². The zero-order valence-corrected chi connectivity index (χ0v) is 12.3. The molecule has 2 heterocycles. The van der Waals surface area contributed by atoms with Crippen LogP contribution in [0.4, 0.5) is 0 Å². The van der Waals surface area contributed by atoms with E-state index in [2.05, 4.69) is 5.32 Å². The van der Waals surface area contributed by atoms with Crippen LogP contribution < -0.4 is 5.32 Å². The van der Waals surface area contributed by atoms with E-state index in [-0.39, 0.29) is 37.2 Å². The lowest BCUT2D eigenvalue weighted by Crippen LogP contribution is -2.38. The van der Waals surface area contributed by atoms with E-state index in [0.717, 1.165) is 0 Å². The fourth-order valence-corrected chi connectivity index (χ4v) is 2.21. The Balaban J connectivity index is 0.000000287.